The van der Waals surface area contributed by atoms with E-state index in [0.717, 1.165) is 5.69 Å². The average Bonchev–Trinajstić information content (AvgIpc) is 3.09. The maximum Gasteiger partial charge on any atom is 0.255 e. The molecule has 1 aromatic heterocycles. The van der Waals surface area contributed by atoms with Gasteiger partial charge in [-0.05, 0) is 48.9 Å². The Hall–Kier alpha value is -3.39. The summed E-state index contributed by atoms with van der Waals surface area (Å²) in [5.74, 6) is 0.311. The number of nitrogens with zero attached hydrogens (tertiary/aromatic N) is 2. The second-order valence-corrected chi connectivity index (χ2v) is 8.65. The van der Waals surface area contributed by atoms with Crippen molar-refractivity contribution >= 4 is 38.8 Å². The lowest BCUT2D eigenvalue weighted by Crippen LogP contribution is -2.25. The number of sulfonamides is 1. The van der Waals surface area contributed by atoms with E-state index in [1.54, 1.807) is 42.6 Å². The van der Waals surface area contributed by atoms with Crippen LogP contribution in [0.4, 0.5) is 22.9 Å². The summed E-state index contributed by atoms with van der Waals surface area (Å²) >= 11 is 0. The Labute approximate surface area is 169 Å². The number of nitrogens with one attached hydrogen (secondary N) is 2. The molecule has 1 amide bonds. The Morgan fingerprint density at radius 3 is 2.59 bits per heavy atom. The summed E-state index contributed by atoms with van der Waals surface area (Å²) in [6, 6.07) is 19.7. The monoisotopic (exact) mass is 408 g/mol. The van der Waals surface area contributed by atoms with Gasteiger partial charge in [0.25, 0.3) is 5.91 Å². The second-order valence-electron chi connectivity index (χ2n) is 6.64. The number of benzene rings is 2. The molecular weight excluding hydrogens is 388 g/mol. The smallest absolute Gasteiger partial charge is 0.255 e. The van der Waals surface area contributed by atoms with Gasteiger partial charge >= 0.3 is 0 Å². The van der Waals surface area contributed by atoms with Crippen LogP contribution in [-0.2, 0) is 10.0 Å². The van der Waals surface area contributed by atoms with Crippen molar-refractivity contribution in [2.45, 2.75) is 6.42 Å². The Bertz CT molecular complexity index is 1130. The maximum absolute atomic E-state index is 12.8. The number of para-hydroxylation sites is 1. The number of hydrogen-bond donors (Lipinski definition) is 2. The summed E-state index contributed by atoms with van der Waals surface area (Å²) < 4.78 is 25.7. The number of carbonyl (C=O) groups is 1. The average molecular weight is 408 g/mol. The van der Waals surface area contributed by atoms with Crippen LogP contribution in [0.2, 0.25) is 0 Å². The van der Waals surface area contributed by atoms with Crippen molar-refractivity contribution in [1.29, 1.82) is 0 Å². The third-order valence-electron chi connectivity index (χ3n) is 4.59. The van der Waals surface area contributed by atoms with Gasteiger partial charge in [-0.1, -0.05) is 24.3 Å². The molecule has 29 heavy (non-hydrogen) atoms. The lowest BCUT2D eigenvalue weighted by molar-refractivity contribution is 0.102. The minimum atomic E-state index is -3.30. The van der Waals surface area contributed by atoms with Crippen LogP contribution in [-0.4, -0.2) is 31.6 Å². The number of hydrogen-bond acceptors (Lipinski definition) is 5. The summed E-state index contributed by atoms with van der Waals surface area (Å²) in [6.45, 7) is 0.432. The lowest BCUT2D eigenvalue weighted by Gasteiger charge is -2.17. The molecule has 1 saturated heterocycles. The molecule has 0 aliphatic carbocycles. The maximum atomic E-state index is 12.8. The number of anilines is 4. The van der Waals surface area contributed by atoms with Crippen molar-refractivity contribution in [3.8, 4) is 0 Å². The zero-order chi connectivity index (χ0) is 20.3. The van der Waals surface area contributed by atoms with Gasteiger partial charge in [-0.2, -0.15) is 0 Å². The summed E-state index contributed by atoms with van der Waals surface area (Å²) in [5.41, 5.74) is 2.26. The van der Waals surface area contributed by atoms with E-state index >= 15 is 0 Å². The number of rotatable bonds is 5. The molecule has 0 spiro atoms. The van der Waals surface area contributed by atoms with E-state index < -0.39 is 10.0 Å². The van der Waals surface area contributed by atoms with Gasteiger partial charge in [0.05, 0.1) is 17.1 Å². The fourth-order valence-corrected chi connectivity index (χ4v) is 4.75. The van der Waals surface area contributed by atoms with Crippen molar-refractivity contribution < 1.29 is 13.2 Å². The number of amides is 1. The third-order valence-corrected chi connectivity index (χ3v) is 6.46. The highest BCUT2D eigenvalue weighted by atomic mass is 32.2. The van der Waals surface area contributed by atoms with Crippen LogP contribution in [0, 0.1) is 0 Å². The first-order chi connectivity index (χ1) is 14.0. The molecule has 0 radical (unpaired) electrons. The van der Waals surface area contributed by atoms with Gasteiger partial charge in [0, 0.05) is 24.0 Å². The van der Waals surface area contributed by atoms with Crippen LogP contribution < -0.4 is 14.9 Å². The topological polar surface area (TPSA) is 91.4 Å². The van der Waals surface area contributed by atoms with Crippen molar-refractivity contribution in [1.82, 2.24) is 4.98 Å². The van der Waals surface area contributed by atoms with Crippen molar-refractivity contribution in [2.75, 3.05) is 27.2 Å². The molecule has 8 heteroatoms. The zero-order valence-corrected chi connectivity index (χ0v) is 16.4. The SMILES string of the molecule is O=C(Nc1cccnc1Nc1ccccc1)c1cccc(N2CCCS2(=O)=O)c1. The van der Waals surface area contributed by atoms with E-state index in [4.69, 9.17) is 0 Å². The molecule has 1 aliphatic rings. The molecule has 4 rings (SSSR count). The minimum absolute atomic E-state index is 0.133. The number of pyridine rings is 1. The molecule has 2 aromatic carbocycles. The Morgan fingerprint density at radius 2 is 1.83 bits per heavy atom. The molecular formula is C21H20N4O3S. The first-order valence-electron chi connectivity index (χ1n) is 9.22. The Balaban J connectivity index is 1.56. The van der Waals surface area contributed by atoms with E-state index in [1.807, 2.05) is 30.3 Å². The van der Waals surface area contributed by atoms with E-state index in [-0.39, 0.29) is 11.7 Å². The Kier molecular flexibility index (Phi) is 5.18. The van der Waals surface area contributed by atoms with E-state index in [9.17, 15) is 13.2 Å². The molecule has 0 bridgehead atoms. The van der Waals surface area contributed by atoms with E-state index in [0.29, 0.717) is 35.7 Å². The molecule has 3 aromatic rings. The summed E-state index contributed by atoms with van der Waals surface area (Å²) in [6.07, 6.45) is 2.22. The quantitative estimate of drug-likeness (QED) is 0.673. The molecule has 0 atom stereocenters. The molecule has 148 valence electrons. The van der Waals surface area contributed by atoms with Crippen LogP contribution in [0.3, 0.4) is 0 Å². The summed E-state index contributed by atoms with van der Waals surface area (Å²) in [4.78, 5) is 17.1. The van der Waals surface area contributed by atoms with Gasteiger partial charge in [0.1, 0.15) is 0 Å². The largest absolute Gasteiger partial charge is 0.339 e. The fourth-order valence-electron chi connectivity index (χ4n) is 3.19. The standard InChI is InChI=1S/C21H20N4O3S/c26-21(16-7-4-10-18(15-16)25-13-6-14-29(25,27)28)24-19-11-5-12-22-20(19)23-17-8-2-1-3-9-17/h1-5,7-12,15H,6,13-14H2,(H,22,23)(H,24,26). The molecule has 0 saturated carbocycles. The summed E-state index contributed by atoms with van der Waals surface area (Å²) in [5, 5.41) is 6.04. The van der Waals surface area contributed by atoms with E-state index in [2.05, 4.69) is 15.6 Å². The molecule has 2 heterocycles. The molecule has 2 N–H and O–H groups in total. The van der Waals surface area contributed by atoms with Crippen LogP contribution in [0.1, 0.15) is 16.8 Å². The van der Waals surface area contributed by atoms with Crippen molar-refractivity contribution in [2.24, 2.45) is 0 Å². The predicted molar refractivity (Wildman–Crippen MR) is 114 cm³/mol. The van der Waals surface area contributed by atoms with E-state index in [1.165, 1.54) is 4.31 Å². The lowest BCUT2D eigenvalue weighted by atomic mass is 10.2. The van der Waals surface area contributed by atoms with Crippen molar-refractivity contribution in [3.63, 3.8) is 0 Å². The van der Waals surface area contributed by atoms with Crippen LogP contribution in [0.5, 0.6) is 0 Å². The van der Waals surface area contributed by atoms with Gasteiger partial charge in [-0.25, -0.2) is 13.4 Å². The second kappa shape index (κ2) is 7.92. The zero-order valence-electron chi connectivity index (χ0n) is 15.6. The van der Waals surface area contributed by atoms with Crippen LogP contribution in [0.25, 0.3) is 0 Å². The molecule has 1 fully saturated rings. The Morgan fingerprint density at radius 1 is 1.00 bits per heavy atom. The first kappa shape index (κ1) is 18.9. The molecule has 0 unspecified atom stereocenters. The normalized spacial score (nSPS) is 15.1. The minimum Gasteiger partial charge on any atom is -0.339 e. The fraction of sp³-hybridized carbons (Fsp3) is 0.143. The number of carbonyl (C=O) groups excluding carboxylic acids is 1. The van der Waals surface area contributed by atoms with Crippen molar-refractivity contribution in [3.05, 3.63) is 78.5 Å². The highest BCUT2D eigenvalue weighted by molar-refractivity contribution is 7.93. The van der Waals surface area contributed by atoms with Gasteiger partial charge < -0.3 is 10.6 Å². The van der Waals surface area contributed by atoms with Gasteiger partial charge in [0.15, 0.2) is 5.82 Å². The van der Waals surface area contributed by atoms with Gasteiger partial charge in [0.2, 0.25) is 10.0 Å². The summed E-state index contributed by atoms with van der Waals surface area (Å²) in [7, 11) is -3.30. The third kappa shape index (κ3) is 4.22. The van der Waals surface area contributed by atoms with Crippen LogP contribution in [0.15, 0.2) is 72.9 Å². The highest BCUT2D eigenvalue weighted by Gasteiger charge is 2.28. The first-order valence-corrected chi connectivity index (χ1v) is 10.8. The predicted octanol–water partition coefficient (Wildman–Crippen LogP) is 3.62. The molecule has 7 nitrogen and oxygen atoms in total. The highest BCUT2D eigenvalue weighted by Crippen LogP contribution is 2.26. The van der Waals surface area contributed by atoms with Gasteiger partial charge in [-0.15, -0.1) is 0 Å². The van der Waals surface area contributed by atoms with Gasteiger partial charge in [-0.3, -0.25) is 9.10 Å². The molecule has 1 aliphatic heterocycles. The van der Waals surface area contributed by atoms with Crippen LogP contribution >= 0.6 is 0 Å². The number of aromatic nitrogens is 1.